The molecular weight excluding hydrogens is 192 g/mol. The number of allylic oxidation sites excluding steroid dienone is 2. The second-order valence-electron chi connectivity index (χ2n) is 5.32. The highest BCUT2D eigenvalue weighted by Gasteiger charge is 2.04. The molecule has 0 N–H and O–H groups in total. The topological polar surface area (TPSA) is 0 Å². The molecule has 0 bridgehead atoms. The molecule has 0 saturated carbocycles. The van der Waals surface area contributed by atoms with Crippen LogP contribution in [0.25, 0.3) is 5.57 Å². The maximum Gasteiger partial charge on any atom is -0.0228 e. The third-order valence-corrected chi connectivity index (χ3v) is 2.61. The lowest BCUT2D eigenvalue weighted by Gasteiger charge is -2.11. The summed E-state index contributed by atoms with van der Waals surface area (Å²) in [6.07, 6.45) is 4.77. The van der Waals surface area contributed by atoms with Crippen LogP contribution in [0.1, 0.15) is 46.1 Å². The first-order chi connectivity index (χ1) is 7.59. The van der Waals surface area contributed by atoms with Gasteiger partial charge in [0.2, 0.25) is 0 Å². The Hall–Kier alpha value is -1.04. The van der Waals surface area contributed by atoms with Gasteiger partial charge in [0.05, 0.1) is 0 Å². The van der Waals surface area contributed by atoms with Crippen LogP contribution in [0.4, 0.5) is 0 Å². The third kappa shape index (κ3) is 4.65. The van der Waals surface area contributed by atoms with E-state index in [0.717, 1.165) is 11.8 Å². The molecule has 0 heteroatoms. The van der Waals surface area contributed by atoms with Gasteiger partial charge in [0, 0.05) is 0 Å². The Kier molecular flexibility index (Phi) is 5.31. The van der Waals surface area contributed by atoms with Crippen molar-refractivity contribution >= 4 is 5.57 Å². The molecule has 0 aliphatic carbocycles. The summed E-state index contributed by atoms with van der Waals surface area (Å²) < 4.78 is 0. The summed E-state index contributed by atoms with van der Waals surface area (Å²) in [5.74, 6) is 1.46. The Balaban J connectivity index is 2.83. The number of rotatable bonds is 5. The summed E-state index contributed by atoms with van der Waals surface area (Å²) in [6, 6.07) is 10.8. The average Bonchev–Trinajstić information content (AvgIpc) is 2.25. The van der Waals surface area contributed by atoms with Gasteiger partial charge in [0.15, 0.2) is 0 Å². The van der Waals surface area contributed by atoms with E-state index in [-0.39, 0.29) is 0 Å². The quantitative estimate of drug-likeness (QED) is 0.637. The molecular formula is C16H24. The highest BCUT2D eigenvalue weighted by atomic mass is 14.1. The van der Waals surface area contributed by atoms with E-state index in [1.807, 2.05) is 0 Å². The van der Waals surface area contributed by atoms with Gasteiger partial charge in [-0.3, -0.25) is 0 Å². The van der Waals surface area contributed by atoms with Crippen molar-refractivity contribution in [3.8, 4) is 0 Å². The summed E-state index contributed by atoms with van der Waals surface area (Å²) in [4.78, 5) is 0. The Morgan fingerprint density at radius 2 is 1.62 bits per heavy atom. The first-order valence-corrected chi connectivity index (χ1v) is 6.34. The van der Waals surface area contributed by atoms with Gasteiger partial charge < -0.3 is 0 Å². The zero-order valence-electron chi connectivity index (χ0n) is 11.0. The van der Waals surface area contributed by atoms with Gasteiger partial charge in [-0.15, -0.1) is 0 Å². The van der Waals surface area contributed by atoms with Crippen LogP contribution in [0, 0.1) is 11.8 Å². The average molecular weight is 216 g/mol. The largest absolute Gasteiger partial charge is 0.0805 e. The van der Waals surface area contributed by atoms with Crippen molar-refractivity contribution in [2.24, 2.45) is 11.8 Å². The Morgan fingerprint density at radius 1 is 1.00 bits per heavy atom. The van der Waals surface area contributed by atoms with E-state index in [1.165, 1.54) is 24.0 Å². The number of benzene rings is 1. The van der Waals surface area contributed by atoms with Crippen molar-refractivity contribution in [1.29, 1.82) is 0 Å². The molecule has 1 rings (SSSR count). The van der Waals surface area contributed by atoms with Gasteiger partial charge in [-0.2, -0.15) is 0 Å². The smallest absolute Gasteiger partial charge is 0.0228 e. The fraction of sp³-hybridized carbons (Fsp3) is 0.500. The lowest BCUT2D eigenvalue weighted by Crippen LogP contribution is -1.93. The van der Waals surface area contributed by atoms with E-state index < -0.39 is 0 Å². The summed E-state index contributed by atoms with van der Waals surface area (Å²) in [6.45, 7) is 9.11. The van der Waals surface area contributed by atoms with Crippen molar-refractivity contribution in [3.05, 3.63) is 42.0 Å². The molecule has 16 heavy (non-hydrogen) atoms. The van der Waals surface area contributed by atoms with E-state index in [1.54, 1.807) is 0 Å². The first kappa shape index (κ1) is 13.0. The van der Waals surface area contributed by atoms with Crippen LogP contribution in [0.3, 0.4) is 0 Å². The van der Waals surface area contributed by atoms with Crippen LogP contribution >= 0.6 is 0 Å². The molecule has 1 aromatic rings. The molecule has 1 aromatic carbocycles. The molecule has 0 atom stereocenters. The summed E-state index contributed by atoms with van der Waals surface area (Å²) in [5, 5.41) is 0. The van der Waals surface area contributed by atoms with Gasteiger partial charge in [-0.25, -0.2) is 0 Å². The monoisotopic (exact) mass is 216 g/mol. The minimum atomic E-state index is 0.721. The lowest BCUT2D eigenvalue weighted by molar-refractivity contribution is 0.651. The minimum absolute atomic E-state index is 0.721. The molecule has 0 fully saturated rings. The number of hydrogen-bond donors (Lipinski definition) is 0. The van der Waals surface area contributed by atoms with E-state index in [9.17, 15) is 0 Å². The molecule has 0 aliphatic rings. The fourth-order valence-electron chi connectivity index (χ4n) is 1.79. The summed E-state index contributed by atoms with van der Waals surface area (Å²) >= 11 is 0. The van der Waals surface area contributed by atoms with Crippen molar-refractivity contribution in [3.63, 3.8) is 0 Å². The van der Waals surface area contributed by atoms with Gasteiger partial charge in [-0.05, 0) is 35.8 Å². The van der Waals surface area contributed by atoms with E-state index in [2.05, 4.69) is 64.1 Å². The standard InChI is InChI=1S/C16H24/c1-13(2)10-11-16(12-14(3)4)15-8-6-5-7-9-15/h5-9,11,13-14H,10,12H2,1-4H3. The van der Waals surface area contributed by atoms with Crippen LogP contribution in [0.2, 0.25) is 0 Å². The highest BCUT2D eigenvalue weighted by molar-refractivity contribution is 5.65. The van der Waals surface area contributed by atoms with Crippen molar-refractivity contribution in [2.75, 3.05) is 0 Å². The molecule has 0 unspecified atom stereocenters. The zero-order valence-corrected chi connectivity index (χ0v) is 11.0. The maximum atomic E-state index is 2.42. The maximum absolute atomic E-state index is 2.42. The van der Waals surface area contributed by atoms with Crippen molar-refractivity contribution in [1.82, 2.24) is 0 Å². The first-order valence-electron chi connectivity index (χ1n) is 6.34. The SMILES string of the molecule is CC(C)CC=C(CC(C)C)c1ccccc1. The second-order valence-corrected chi connectivity index (χ2v) is 5.32. The van der Waals surface area contributed by atoms with Gasteiger partial charge >= 0.3 is 0 Å². The van der Waals surface area contributed by atoms with Crippen LogP contribution in [0.5, 0.6) is 0 Å². The predicted octanol–water partition coefficient (Wildman–Crippen LogP) is 5.16. The molecule has 0 aliphatic heterocycles. The van der Waals surface area contributed by atoms with Crippen LogP contribution < -0.4 is 0 Å². The van der Waals surface area contributed by atoms with Crippen molar-refractivity contribution < 1.29 is 0 Å². The van der Waals surface area contributed by atoms with E-state index >= 15 is 0 Å². The van der Waals surface area contributed by atoms with Gasteiger partial charge in [0.25, 0.3) is 0 Å². The van der Waals surface area contributed by atoms with Crippen molar-refractivity contribution in [2.45, 2.75) is 40.5 Å². The predicted molar refractivity (Wildman–Crippen MR) is 73.3 cm³/mol. The Labute approximate surface area is 100 Å². The molecule has 0 saturated heterocycles. The van der Waals surface area contributed by atoms with Gasteiger partial charge in [0.1, 0.15) is 0 Å². The molecule has 0 radical (unpaired) electrons. The summed E-state index contributed by atoms with van der Waals surface area (Å²) in [7, 11) is 0. The fourth-order valence-corrected chi connectivity index (χ4v) is 1.79. The van der Waals surface area contributed by atoms with Crippen LogP contribution in [-0.2, 0) is 0 Å². The highest BCUT2D eigenvalue weighted by Crippen LogP contribution is 2.23. The Bertz CT molecular complexity index is 317. The third-order valence-electron chi connectivity index (χ3n) is 2.61. The molecule has 0 aromatic heterocycles. The zero-order chi connectivity index (χ0) is 12.0. The second kappa shape index (κ2) is 6.52. The minimum Gasteiger partial charge on any atom is -0.0805 e. The van der Waals surface area contributed by atoms with Gasteiger partial charge in [-0.1, -0.05) is 64.1 Å². The molecule has 0 nitrogen and oxygen atoms in total. The summed E-state index contributed by atoms with van der Waals surface area (Å²) in [5.41, 5.74) is 2.89. The normalized spacial score (nSPS) is 12.5. The molecule has 0 spiro atoms. The molecule has 0 heterocycles. The van der Waals surface area contributed by atoms with Crippen LogP contribution in [0.15, 0.2) is 36.4 Å². The van der Waals surface area contributed by atoms with E-state index in [0.29, 0.717) is 0 Å². The van der Waals surface area contributed by atoms with Crippen LogP contribution in [-0.4, -0.2) is 0 Å². The molecule has 88 valence electrons. The molecule has 0 amide bonds. The Morgan fingerprint density at radius 3 is 2.12 bits per heavy atom. The number of hydrogen-bond acceptors (Lipinski definition) is 0. The lowest BCUT2D eigenvalue weighted by atomic mass is 9.94. The van der Waals surface area contributed by atoms with E-state index in [4.69, 9.17) is 0 Å².